The van der Waals surface area contributed by atoms with Crippen LogP contribution in [0.2, 0.25) is 0 Å². The van der Waals surface area contributed by atoms with Crippen LogP contribution in [-0.2, 0) is 27.9 Å². The molecule has 0 spiro atoms. The lowest BCUT2D eigenvalue weighted by atomic mass is 10.3. The molecule has 0 aromatic heterocycles. The first kappa shape index (κ1) is 18.2. The highest BCUT2D eigenvalue weighted by molar-refractivity contribution is 7.60. The fourth-order valence-electron chi connectivity index (χ4n) is 1.49. The number of methoxy groups -OCH3 is 1. The standard InChI is InChI=1S/C12H23O6P/c1-6-10(15-5)11(12(13)16-7-2)19(14,17-8-3)18-9-4/h6-9H2,1-5H3/b11-10+. The predicted molar refractivity (Wildman–Crippen MR) is 71.8 cm³/mol. The van der Waals surface area contributed by atoms with Gasteiger partial charge in [0.1, 0.15) is 5.76 Å². The minimum absolute atomic E-state index is 0.150. The van der Waals surface area contributed by atoms with Gasteiger partial charge in [0.25, 0.3) is 0 Å². The molecule has 0 saturated heterocycles. The van der Waals surface area contributed by atoms with Crippen LogP contribution in [0, 0.1) is 0 Å². The number of hydrogen-bond acceptors (Lipinski definition) is 6. The summed E-state index contributed by atoms with van der Waals surface area (Å²) >= 11 is 0. The van der Waals surface area contributed by atoms with Gasteiger partial charge in [0.05, 0.1) is 26.9 Å². The normalized spacial score (nSPS) is 12.9. The topological polar surface area (TPSA) is 71.1 Å². The van der Waals surface area contributed by atoms with Gasteiger partial charge in [-0.2, -0.15) is 0 Å². The first-order valence-corrected chi connectivity index (χ1v) is 7.88. The Balaban J connectivity index is 5.73. The van der Waals surface area contributed by atoms with Gasteiger partial charge in [-0.1, -0.05) is 6.92 Å². The first-order valence-electron chi connectivity index (χ1n) is 6.34. The van der Waals surface area contributed by atoms with E-state index in [1.165, 1.54) is 7.11 Å². The molecule has 0 aliphatic carbocycles. The van der Waals surface area contributed by atoms with Crippen molar-refractivity contribution in [3.05, 3.63) is 11.1 Å². The summed E-state index contributed by atoms with van der Waals surface area (Å²) in [5.74, 6) is -0.477. The second-order valence-electron chi connectivity index (χ2n) is 3.38. The fraction of sp³-hybridized carbons (Fsp3) is 0.750. The number of carbonyl (C=O) groups is 1. The molecule has 0 N–H and O–H groups in total. The molecule has 0 bridgehead atoms. The number of allylic oxidation sites excluding steroid dienone is 1. The van der Waals surface area contributed by atoms with Gasteiger partial charge >= 0.3 is 13.6 Å². The zero-order chi connectivity index (χ0) is 14.9. The lowest BCUT2D eigenvalue weighted by Gasteiger charge is -2.21. The third-order valence-corrected chi connectivity index (χ3v) is 4.35. The number of carbonyl (C=O) groups excluding carboxylic acids is 1. The summed E-state index contributed by atoms with van der Waals surface area (Å²) in [5.41, 5.74) is 0. The van der Waals surface area contributed by atoms with Gasteiger partial charge in [-0.15, -0.1) is 0 Å². The minimum atomic E-state index is -3.72. The summed E-state index contributed by atoms with van der Waals surface area (Å²) in [5, 5.41) is -0.150. The van der Waals surface area contributed by atoms with Gasteiger partial charge in [-0.25, -0.2) is 4.79 Å². The van der Waals surface area contributed by atoms with Crippen LogP contribution in [0.4, 0.5) is 0 Å². The summed E-state index contributed by atoms with van der Waals surface area (Å²) in [6.07, 6.45) is 0.384. The molecule has 0 atom stereocenters. The highest BCUT2D eigenvalue weighted by atomic mass is 31.2. The molecule has 0 aliphatic heterocycles. The molecule has 0 heterocycles. The molecule has 6 nitrogen and oxygen atoms in total. The first-order chi connectivity index (χ1) is 9.00. The van der Waals surface area contributed by atoms with E-state index in [0.717, 1.165) is 0 Å². The molecule has 7 heteroatoms. The van der Waals surface area contributed by atoms with Crippen LogP contribution < -0.4 is 0 Å². The minimum Gasteiger partial charge on any atom is -0.500 e. The van der Waals surface area contributed by atoms with Crippen molar-refractivity contribution in [1.29, 1.82) is 0 Å². The van der Waals surface area contributed by atoms with E-state index in [1.807, 2.05) is 0 Å². The third kappa shape index (κ3) is 4.97. The van der Waals surface area contributed by atoms with E-state index in [2.05, 4.69) is 0 Å². The molecular formula is C12H23O6P. The van der Waals surface area contributed by atoms with E-state index in [4.69, 9.17) is 18.5 Å². The monoisotopic (exact) mass is 294 g/mol. The molecule has 0 aromatic rings. The Bertz CT molecular complexity index is 347. The number of ether oxygens (including phenoxy) is 2. The van der Waals surface area contributed by atoms with Crippen LogP contribution in [0.3, 0.4) is 0 Å². The Morgan fingerprint density at radius 2 is 1.53 bits per heavy atom. The Labute approximate surface area is 114 Å². The molecule has 0 amide bonds. The van der Waals surface area contributed by atoms with Gasteiger partial charge in [-0.05, 0) is 20.8 Å². The van der Waals surface area contributed by atoms with Crippen molar-refractivity contribution in [1.82, 2.24) is 0 Å². The molecule has 0 fully saturated rings. The van der Waals surface area contributed by atoms with E-state index in [0.29, 0.717) is 6.42 Å². The zero-order valence-electron chi connectivity index (χ0n) is 12.2. The second kappa shape index (κ2) is 9.13. The molecule has 19 heavy (non-hydrogen) atoms. The molecule has 0 rings (SSSR count). The summed E-state index contributed by atoms with van der Waals surface area (Å²) in [6, 6.07) is 0. The van der Waals surface area contributed by atoms with Crippen molar-refractivity contribution < 1.29 is 27.9 Å². The van der Waals surface area contributed by atoms with Gasteiger partial charge in [-0.3, -0.25) is 4.57 Å². The Hall–Kier alpha value is -0.840. The van der Waals surface area contributed by atoms with Gasteiger partial charge < -0.3 is 18.5 Å². The number of hydrogen-bond donors (Lipinski definition) is 0. The van der Waals surface area contributed by atoms with Crippen molar-refractivity contribution in [2.24, 2.45) is 0 Å². The Morgan fingerprint density at radius 3 is 1.84 bits per heavy atom. The fourth-order valence-corrected chi connectivity index (χ4v) is 3.35. The van der Waals surface area contributed by atoms with Gasteiger partial charge in [0.2, 0.25) is 0 Å². The quantitative estimate of drug-likeness (QED) is 0.282. The molecule has 0 aromatic carbocycles. The summed E-state index contributed by atoms with van der Waals surface area (Å²) in [6.45, 7) is 7.27. The molecule has 0 saturated carbocycles. The maximum Gasteiger partial charge on any atom is 0.372 e. The number of rotatable bonds is 9. The third-order valence-electron chi connectivity index (χ3n) is 2.17. The highest BCUT2D eigenvalue weighted by Crippen LogP contribution is 2.57. The van der Waals surface area contributed by atoms with E-state index in [1.54, 1.807) is 27.7 Å². The van der Waals surface area contributed by atoms with Crippen LogP contribution in [0.5, 0.6) is 0 Å². The van der Waals surface area contributed by atoms with Crippen molar-refractivity contribution in [2.45, 2.75) is 34.1 Å². The molecular weight excluding hydrogens is 271 g/mol. The second-order valence-corrected chi connectivity index (χ2v) is 5.34. The highest BCUT2D eigenvalue weighted by Gasteiger charge is 2.39. The van der Waals surface area contributed by atoms with E-state index >= 15 is 0 Å². The molecule has 0 aliphatic rings. The zero-order valence-corrected chi connectivity index (χ0v) is 13.1. The maximum absolute atomic E-state index is 12.7. The average Bonchev–Trinajstić information content (AvgIpc) is 2.36. The van der Waals surface area contributed by atoms with Crippen LogP contribution in [0.25, 0.3) is 0 Å². The maximum atomic E-state index is 12.7. The van der Waals surface area contributed by atoms with E-state index < -0.39 is 13.6 Å². The Morgan fingerprint density at radius 1 is 1.00 bits per heavy atom. The van der Waals surface area contributed by atoms with Crippen LogP contribution >= 0.6 is 7.60 Å². The van der Waals surface area contributed by atoms with Gasteiger partial charge in [0, 0.05) is 6.42 Å². The lowest BCUT2D eigenvalue weighted by Crippen LogP contribution is -2.14. The molecule has 112 valence electrons. The van der Waals surface area contributed by atoms with E-state index in [9.17, 15) is 9.36 Å². The summed E-state index contributed by atoms with van der Waals surface area (Å²) in [7, 11) is -2.32. The number of esters is 1. The molecule has 0 unspecified atom stereocenters. The van der Waals surface area contributed by atoms with Crippen LogP contribution in [0.15, 0.2) is 11.1 Å². The molecule has 0 radical (unpaired) electrons. The van der Waals surface area contributed by atoms with Crippen molar-refractivity contribution in [2.75, 3.05) is 26.9 Å². The summed E-state index contributed by atoms with van der Waals surface area (Å²) in [4.78, 5) is 12.0. The smallest absolute Gasteiger partial charge is 0.372 e. The van der Waals surface area contributed by atoms with Crippen molar-refractivity contribution in [3.63, 3.8) is 0 Å². The van der Waals surface area contributed by atoms with Crippen LogP contribution in [-0.4, -0.2) is 32.9 Å². The Kier molecular flexibility index (Phi) is 8.72. The largest absolute Gasteiger partial charge is 0.500 e. The van der Waals surface area contributed by atoms with Crippen molar-refractivity contribution >= 4 is 13.6 Å². The van der Waals surface area contributed by atoms with Crippen LogP contribution in [0.1, 0.15) is 34.1 Å². The predicted octanol–water partition coefficient (Wildman–Crippen LogP) is 3.08. The van der Waals surface area contributed by atoms with Gasteiger partial charge in [0.15, 0.2) is 5.31 Å². The average molecular weight is 294 g/mol. The van der Waals surface area contributed by atoms with E-state index in [-0.39, 0.29) is 30.9 Å². The summed E-state index contributed by atoms with van der Waals surface area (Å²) < 4.78 is 33.1. The SMILES string of the molecule is CCOC(=O)/C(=C(/CC)OC)P(=O)(OCC)OCC. The lowest BCUT2D eigenvalue weighted by molar-refractivity contribution is -0.138. The van der Waals surface area contributed by atoms with Crippen molar-refractivity contribution in [3.8, 4) is 0 Å².